The van der Waals surface area contributed by atoms with Gasteiger partial charge in [0.05, 0.1) is 0 Å². The summed E-state index contributed by atoms with van der Waals surface area (Å²) in [5.41, 5.74) is 0. The van der Waals surface area contributed by atoms with Crippen LogP contribution in [0.5, 0.6) is 0 Å². The molecule has 0 rings (SSSR count). The zero-order valence-electron chi connectivity index (χ0n) is 2.51. The molecule has 0 bridgehead atoms. The molecule has 0 amide bonds. The molecule has 0 aliphatic carbocycles. The Labute approximate surface area is 69.1 Å². The summed E-state index contributed by atoms with van der Waals surface area (Å²) in [6, 6.07) is 0. The van der Waals surface area contributed by atoms with Crippen LogP contribution in [0, 0.1) is 0 Å². The molecule has 0 aromatic heterocycles. The van der Waals surface area contributed by atoms with E-state index >= 15 is 0 Å². The SMILES string of the molecule is O=[Se]([O-])[O-].[Cu+].[In+3]. The summed E-state index contributed by atoms with van der Waals surface area (Å²) in [7, 11) is 0. The molecule has 6 heavy (non-hydrogen) atoms. The van der Waals surface area contributed by atoms with Crippen LogP contribution in [-0.4, -0.2) is 40.3 Å². The van der Waals surface area contributed by atoms with Crippen LogP contribution in [-0.2, 0) is 20.9 Å². The first-order chi connectivity index (χ1) is 1.73. The molecule has 0 atom stereocenters. The minimum absolute atomic E-state index is 0. The molecule has 0 aliphatic rings. The molecule has 0 saturated carbocycles. The molecule has 0 radical (unpaired) electrons. The van der Waals surface area contributed by atoms with E-state index in [2.05, 4.69) is 0 Å². The minimum Gasteiger partial charge on any atom is 1.00 e. The zero-order chi connectivity index (χ0) is 3.58. The zero-order valence-corrected chi connectivity index (χ0v) is 8.46. The van der Waals surface area contributed by atoms with Gasteiger partial charge in [-0.05, 0) is 0 Å². The van der Waals surface area contributed by atoms with Crippen molar-refractivity contribution in [3.8, 4) is 0 Å². The normalized spacial score (nSPS) is 5.83. The van der Waals surface area contributed by atoms with Gasteiger partial charge in [-0.25, -0.2) is 0 Å². The Bertz CT molecular complexity index is 33.8. The van der Waals surface area contributed by atoms with Crippen LogP contribution in [0.4, 0.5) is 0 Å². The van der Waals surface area contributed by atoms with E-state index in [1.165, 1.54) is 0 Å². The van der Waals surface area contributed by atoms with Gasteiger partial charge in [-0.1, -0.05) is 0 Å². The van der Waals surface area contributed by atoms with Gasteiger partial charge in [0.2, 0.25) is 0 Å². The topological polar surface area (TPSA) is 63.2 Å². The van der Waals surface area contributed by atoms with Gasteiger partial charge in [0, 0.05) is 0 Å². The molecular formula is CuInO3Se+2. The molecule has 0 aromatic rings. The maximum Gasteiger partial charge on any atom is 3.00 e. The van der Waals surface area contributed by atoms with E-state index in [-0.39, 0.29) is 42.9 Å². The van der Waals surface area contributed by atoms with Gasteiger partial charge >= 0.3 is 69.6 Å². The van der Waals surface area contributed by atoms with Crippen molar-refractivity contribution in [1.29, 1.82) is 0 Å². The van der Waals surface area contributed by atoms with Crippen LogP contribution in [0.2, 0.25) is 0 Å². The van der Waals surface area contributed by atoms with E-state index < -0.39 is 14.5 Å². The molecule has 3 nitrogen and oxygen atoms in total. The smallest absolute Gasteiger partial charge is 1.00 e. The Morgan fingerprint density at radius 2 is 1.33 bits per heavy atom. The van der Waals surface area contributed by atoms with Crippen molar-refractivity contribution in [3.05, 3.63) is 0 Å². The Morgan fingerprint density at radius 3 is 1.33 bits per heavy atom. The number of hydrogen-bond acceptors (Lipinski definition) is 3. The average molecular weight is 305 g/mol. The van der Waals surface area contributed by atoms with Gasteiger partial charge in [0.1, 0.15) is 0 Å². The molecule has 36 valence electrons. The fourth-order valence-corrected chi connectivity index (χ4v) is 0. The Hall–Kier alpha value is 1.63. The molecule has 0 aromatic carbocycles. The second-order valence-corrected chi connectivity index (χ2v) is 1.06. The first kappa shape index (κ1) is 15.6. The van der Waals surface area contributed by atoms with Crippen molar-refractivity contribution in [2.45, 2.75) is 0 Å². The predicted octanol–water partition coefficient (Wildman–Crippen LogP) is -3.26. The van der Waals surface area contributed by atoms with E-state index in [0.717, 1.165) is 0 Å². The molecule has 0 aliphatic heterocycles. The number of hydrogen-bond donors (Lipinski definition) is 0. The van der Waals surface area contributed by atoms with Crippen molar-refractivity contribution in [1.82, 2.24) is 0 Å². The Kier molecular flexibility index (Phi) is 25.6. The van der Waals surface area contributed by atoms with Crippen LogP contribution in [0.3, 0.4) is 0 Å². The van der Waals surface area contributed by atoms with Crippen LogP contribution in [0.15, 0.2) is 0 Å². The van der Waals surface area contributed by atoms with Crippen LogP contribution >= 0.6 is 0 Å². The summed E-state index contributed by atoms with van der Waals surface area (Å²) in [4.78, 5) is 0. The van der Waals surface area contributed by atoms with Crippen molar-refractivity contribution in [2.24, 2.45) is 0 Å². The summed E-state index contributed by atoms with van der Waals surface area (Å²) in [5, 5.41) is 0. The average Bonchev–Trinajstić information content (AvgIpc) is 0.811. The van der Waals surface area contributed by atoms with Gasteiger partial charge < -0.3 is 0 Å². The van der Waals surface area contributed by atoms with Gasteiger partial charge in [-0.15, -0.1) is 0 Å². The summed E-state index contributed by atoms with van der Waals surface area (Å²) < 4.78 is 25.6. The van der Waals surface area contributed by atoms with Crippen molar-refractivity contribution in [3.63, 3.8) is 0 Å². The second kappa shape index (κ2) is 9.80. The van der Waals surface area contributed by atoms with Gasteiger partial charge in [0.15, 0.2) is 0 Å². The fraction of sp³-hybridized carbons (Fsp3) is 0. The van der Waals surface area contributed by atoms with Crippen molar-refractivity contribution in [2.75, 3.05) is 0 Å². The molecule has 0 fully saturated rings. The third kappa shape index (κ3) is 45.5. The Balaban J connectivity index is -0.0000000450. The standard InChI is InChI=1S/Cu.In.H2O3Se/c;;1-4(2)3/h;;(H2,1,2,3)/q+1;+3;/p-2. The molecule has 0 N–H and O–H groups in total. The minimum atomic E-state index is -3.79. The molecule has 0 heterocycles. The van der Waals surface area contributed by atoms with E-state index in [1.807, 2.05) is 0 Å². The summed E-state index contributed by atoms with van der Waals surface area (Å²) in [6.45, 7) is 0. The fourth-order valence-electron chi connectivity index (χ4n) is 0. The van der Waals surface area contributed by atoms with Crippen LogP contribution < -0.4 is 8.38 Å². The molecule has 0 saturated heterocycles. The second-order valence-electron chi connectivity index (χ2n) is 0.204. The van der Waals surface area contributed by atoms with Gasteiger partial charge in [0.25, 0.3) is 0 Å². The quantitative estimate of drug-likeness (QED) is 0.441. The van der Waals surface area contributed by atoms with Crippen LogP contribution in [0.25, 0.3) is 0 Å². The monoisotopic (exact) mass is 306 g/mol. The maximum absolute atomic E-state index is 8.54. The first-order valence-corrected chi connectivity index (χ1v) is 2.60. The maximum atomic E-state index is 8.54. The van der Waals surface area contributed by atoms with E-state index in [9.17, 15) is 0 Å². The third-order valence-electron chi connectivity index (χ3n) is 0. The van der Waals surface area contributed by atoms with Gasteiger partial charge in [-0.2, -0.15) is 0 Å². The van der Waals surface area contributed by atoms with Gasteiger partial charge in [-0.3, -0.25) is 0 Å². The van der Waals surface area contributed by atoms with E-state index in [1.54, 1.807) is 0 Å². The predicted molar refractivity (Wildman–Crippen MR) is 12.2 cm³/mol. The number of rotatable bonds is 0. The first-order valence-electron chi connectivity index (χ1n) is 0.500. The summed E-state index contributed by atoms with van der Waals surface area (Å²) in [6.07, 6.45) is 0. The summed E-state index contributed by atoms with van der Waals surface area (Å²) >= 11 is -3.79. The van der Waals surface area contributed by atoms with Crippen molar-refractivity contribution >= 4 is 40.3 Å². The molecule has 0 unspecified atom stereocenters. The molecule has 6 heteroatoms. The van der Waals surface area contributed by atoms with E-state index in [0.29, 0.717) is 0 Å². The Morgan fingerprint density at radius 1 is 1.33 bits per heavy atom. The molecular weight excluding hydrogens is 305 g/mol. The summed E-state index contributed by atoms with van der Waals surface area (Å²) in [5.74, 6) is 0. The largest absolute Gasteiger partial charge is 3.00 e. The van der Waals surface area contributed by atoms with Crippen LogP contribution in [0.1, 0.15) is 0 Å². The molecule has 0 spiro atoms. The van der Waals surface area contributed by atoms with E-state index in [4.69, 9.17) is 12.2 Å². The van der Waals surface area contributed by atoms with Crippen molar-refractivity contribution < 1.29 is 29.3 Å². The third-order valence-corrected chi connectivity index (χ3v) is 0.